The summed E-state index contributed by atoms with van der Waals surface area (Å²) in [6.07, 6.45) is -4.31. The number of aliphatic hydroxyl groups excluding tert-OH is 4. The second kappa shape index (κ2) is 43.4. The number of aliphatic carboxylic acids is 1. The number of unbranched alkanes of at least 4 members (excludes halogenated alkanes) is 1. The van der Waals surface area contributed by atoms with Gasteiger partial charge in [0.05, 0.1) is 32.3 Å². The SMILES string of the molecule is CC[C@H](C)[C@H](NC(=O)[C@H](CCCCN)NC(=O)[C@H](CC(N)=O)NC(=O)[C@H](C)NC(C)=O)C(=O)N[C@@H](CO)C(=O)N[C@@H](Cc1ccc(O)cc1)C(=O)N[C@@H](CCC(N)=O)C(=O)N[C@@H](CO)C(=O)N[C@H](C(=O)N[C@@H](CO)C(=O)N[C@H](C(=O)N[C@@H](CCC(=O)O)C(N)=O)[C@@H](C)O)[C@@H](C)CC. The number of carbonyl (C=O) groups is 16. The van der Waals surface area contributed by atoms with E-state index in [1.54, 1.807) is 20.8 Å². The first-order valence-corrected chi connectivity index (χ1v) is 31.2. The molecule has 1 aromatic rings. The van der Waals surface area contributed by atoms with Crippen LogP contribution in [0.5, 0.6) is 5.75 Å². The van der Waals surface area contributed by atoms with Crippen LogP contribution in [-0.2, 0) is 83.1 Å². The molecule has 0 unspecified atom stereocenters. The van der Waals surface area contributed by atoms with Gasteiger partial charge in [-0.15, -0.1) is 0 Å². The molecule has 0 aromatic heterocycles. The fraction of sp³-hybridized carbons (Fsp3) is 0.627. The third-order valence-electron chi connectivity index (χ3n) is 15.2. The Balaban J connectivity index is 3.59. The molecule has 0 fully saturated rings. The Morgan fingerprint density at radius 1 is 0.433 bits per heavy atom. The lowest BCUT2D eigenvalue weighted by atomic mass is 9.97. The zero-order valence-electron chi connectivity index (χ0n) is 55.1. The number of nitrogens with one attached hydrogen (secondary N) is 12. The van der Waals surface area contributed by atoms with Crippen molar-refractivity contribution in [3.05, 3.63) is 29.8 Å². The highest BCUT2D eigenvalue weighted by molar-refractivity contribution is 6.00. The molecule has 1 aromatic carbocycles. The average molecular weight is 1380 g/mol. The Kier molecular flexibility index (Phi) is 38.2. The van der Waals surface area contributed by atoms with E-state index in [0.717, 1.165) is 13.8 Å². The molecule has 0 heterocycles. The van der Waals surface area contributed by atoms with Crippen LogP contribution in [-0.4, -0.2) is 230 Å². The lowest BCUT2D eigenvalue weighted by molar-refractivity contribution is -0.139. The number of nitrogens with two attached hydrogens (primary N) is 4. The van der Waals surface area contributed by atoms with E-state index in [1.165, 1.54) is 38.1 Å². The molecule has 26 N–H and O–H groups in total. The smallest absolute Gasteiger partial charge is 0.303 e. The third kappa shape index (κ3) is 30.7. The number of carbonyl (C=O) groups excluding carboxylic acids is 15. The topological polar surface area (TPSA) is 643 Å². The zero-order valence-corrected chi connectivity index (χ0v) is 55.1. The second-order valence-corrected chi connectivity index (χ2v) is 23.1. The predicted molar refractivity (Wildman–Crippen MR) is 339 cm³/mol. The van der Waals surface area contributed by atoms with Gasteiger partial charge in [0.15, 0.2) is 0 Å². The number of aliphatic hydroxyl groups is 4. The Morgan fingerprint density at radius 2 is 0.804 bits per heavy atom. The molecule has 1 rings (SSSR count). The van der Waals surface area contributed by atoms with Crippen molar-refractivity contribution in [1.82, 2.24) is 63.8 Å². The van der Waals surface area contributed by atoms with Gasteiger partial charge in [-0.3, -0.25) is 76.7 Å². The normalized spacial score (nSPS) is 15.7. The van der Waals surface area contributed by atoms with Crippen LogP contribution < -0.4 is 86.7 Å². The number of amides is 15. The lowest BCUT2D eigenvalue weighted by Gasteiger charge is -2.29. The van der Waals surface area contributed by atoms with Crippen LogP contribution in [0.1, 0.15) is 118 Å². The van der Waals surface area contributed by atoms with Crippen molar-refractivity contribution < 1.29 is 107 Å². The van der Waals surface area contributed by atoms with Gasteiger partial charge in [-0.1, -0.05) is 52.7 Å². The van der Waals surface area contributed by atoms with Gasteiger partial charge in [0.2, 0.25) is 88.6 Å². The van der Waals surface area contributed by atoms with E-state index in [-0.39, 0.29) is 43.5 Å². The van der Waals surface area contributed by atoms with Crippen LogP contribution in [0.2, 0.25) is 0 Å². The van der Waals surface area contributed by atoms with Gasteiger partial charge in [-0.05, 0) is 82.0 Å². The number of phenols is 1. The number of carboxylic acid groups (broad SMARTS) is 1. The highest BCUT2D eigenvalue weighted by atomic mass is 16.4. The fourth-order valence-corrected chi connectivity index (χ4v) is 9.05. The summed E-state index contributed by atoms with van der Waals surface area (Å²) >= 11 is 0. The van der Waals surface area contributed by atoms with Crippen LogP contribution in [0.25, 0.3) is 0 Å². The number of carboxylic acids is 1. The summed E-state index contributed by atoms with van der Waals surface area (Å²) in [5.41, 5.74) is 22.0. The molecule has 0 saturated carbocycles. The summed E-state index contributed by atoms with van der Waals surface area (Å²) < 4.78 is 0. The standard InChI is InChI=1S/C59H96N16O22/c1-8-27(3)45(73-51(89)35(12-10-11-21-60)66-53(91)38(23-43(62)83)68-49(87)29(5)64-31(7)80)57(95)71-39(24-76)54(92)69-37(22-32-13-15-33(81)16-14-32)52(90)67-36(17-19-42(61)82)50(88)70-40(25-77)55(93)74-46(28(4)9-2)58(96)72-41(26-78)56(94)75-47(30(6)79)59(97)65-34(48(63)86)18-20-44(84)85/h13-16,27-30,34-41,45-47,76-79,81H,8-12,17-26,60H2,1-7H3,(H2,61,82)(H2,62,83)(H2,63,86)(H,64,80)(H,65,97)(H,66,91)(H,67,90)(H,68,87)(H,69,92)(H,70,88)(H,71,95)(H,72,96)(H,73,89)(H,74,93)(H,75,94)(H,84,85)/t27-,28-,29-,30+,34-,35-,36-,37-,38-,39-,40-,41-,45-,46-,47-/m0/s1. The number of rotatable bonds is 46. The minimum atomic E-state index is -1.96. The van der Waals surface area contributed by atoms with Crippen LogP contribution in [0, 0.1) is 11.8 Å². The van der Waals surface area contributed by atoms with E-state index in [1.807, 2.05) is 0 Å². The third-order valence-corrected chi connectivity index (χ3v) is 15.2. The summed E-state index contributed by atoms with van der Waals surface area (Å²) in [5.74, 6) is -19.3. The number of phenolic OH excluding ortho intramolecular Hbond substituents is 1. The van der Waals surface area contributed by atoms with E-state index in [4.69, 9.17) is 28.0 Å². The number of primary amides is 3. The number of hydrogen-bond acceptors (Lipinski definition) is 22. The molecule has 0 aliphatic heterocycles. The van der Waals surface area contributed by atoms with Gasteiger partial charge < -0.3 is 117 Å². The lowest BCUT2D eigenvalue weighted by Crippen LogP contribution is -2.63. The van der Waals surface area contributed by atoms with Gasteiger partial charge >= 0.3 is 5.97 Å². The van der Waals surface area contributed by atoms with E-state index in [2.05, 4.69) is 63.8 Å². The molecule has 0 saturated heterocycles. The first-order valence-electron chi connectivity index (χ1n) is 31.2. The van der Waals surface area contributed by atoms with Crippen molar-refractivity contribution in [2.45, 2.75) is 198 Å². The minimum Gasteiger partial charge on any atom is -0.508 e. The molecule has 0 spiro atoms. The van der Waals surface area contributed by atoms with Crippen molar-refractivity contribution in [2.75, 3.05) is 26.4 Å². The molecule has 0 aliphatic carbocycles. The van der Waals surface area contributed by atoms with Crippen molar-refractivity contribution >= 4 is 94.6 Å². The maximum Gasteiger partial charge on any atom is 0.303 e. The molecule has 38 nitrogen and oxygen atoms in total. The van der Waals surface area contributed by atoms with Crippen molar-refractivity contribution in [3.63, 3.8) is 0 Å². The molecule has 38 heteroatoms. The number of benzene rings is 1. The fourth-order valence-electron chi connectivity index (χ4n) is 9.05. The first-order chi connectivity index (χ1) is 45.5. The summed E-state index contributed by atoms with van der Waals surface area (Å²) in [4.78, 5) is 210. The Morgan fingerprint density at radius 3 is 1.23 bits per heavy atom. The Bertz CT molecular complexity index is 2900. The Hall–Kier alpha value is -9.66. The molecular weight excluding hydrogens is 1280 g/mol. The highest BCUT2D eigenvalue weighted by Crippen LogP contribution is 2.15. The van der Waals surface area contributed by atoms with Crippen LogP contribution >= 0.6 is 0 Å². The highest BCUT2D eigenvalue weighted by Gasteiger charge is 2.39. The number of aromatic hydroxyl groups is 1. The predicted octanol–water partition coefficient (Wildman–Crippen LogP) is -9.14. The molecule has 544 valence electrons. The van der Waals surface area contributed by atoms with Gasteiger partial charge in [-0.2, -0.15) is 0 Å². The molecule has 15 atom stereocenters. The molecular formula is C59H96N16O22. The van der Waals surface area contributed by atoms with Crippen LogP contribution in [0.3, 0.4) is 0 Å². The van der Waals surface area contributed by atoms with E-state index in [9.17, 15) is 102 Å². The summed E-state index contributed by atoms with van der Waals surface area (Å²) in [7, 11) is 0. The van der Waals surface area contributed by atoms with Crippen molar-refractivity contribution in [2.24, 2.45) is 34.8 Å². The van der Waals surface area contributed by atoms with Gasteiger partial charge in [0.1, 0.15) is 78.3 Å². The van der Waals surface area contributed by atoms with Gasteiger partial charge in [-0.25, -0.2) is 0 Å². The zero-order chi connectivity index (χ0) is 74.0. The average Bonchev–Trinajstić information content (AvgIpc) is 0.872. The van der Waals surface area contributed by atoms with Gasteiger partial charge in [0, 0.05) is 26.2 Å². The summed E-state index contributed by atoms with van der Waals surface area (Å²) in [6, 6.07) is -15.0. The quantitative estimate of drug-likeness (QED) is 0.0270. The minimum absolute atomic E-state index is 0.0947. The Labute approximate surface area is 558 Å². The largest absolute Gasteiger partial charge is 0.508 e. The summed E-state index contributed by atoms with van der Waals surface area (Å²) in [6.45, 7) is 6.44. The van der Waals surface area contributed by atoms with Gasteiger partial charge in [0.25, 0.3) is 0 Å². The molecule has 15 amide bonds. The van der Waals surface area contributed by atoms with E-state index >= 15 is 0 Å². The molecule has 0 bridgehead atoms. The monoisotopic (exact) mass is 1380 g/mol. The molecule has 0 radical (unpaired) electrons. The van der Waals surface area contributed by atoms with E-state index < -0.39 is 243 Å². The van der Waals surface area contributed by atoms with E-state index in [0.29, 0.717) is 6.42 Å². The number of hydrogen-bond donors (Lipinski definition) is 22. The van der Waals surface area contributed by atoms with Crippen molar-refractivity contribution in [1.29, 1.82) is 0 Å². The maximum absolute atomic E-state index is 14.4. The molecule has 0 aliphatic rings. The van der Waals surface area contributed by atoms with Crippen LogP contribution in [0.15, 0.2) is 24.3 Å². The second-order valence-electron chi connectivity index (χ2n) is 23.1. The summed E-state index contributed by atoms with van der Waals surface area (Å²) in [5, 5.41) is 88.3. The van der Waals surface area contributed by atoms with Crippen molar-refractivity contribution in [3.8, 4) is 5.75 Å². The van der Waals surface area contributed by atoms with Crippen LogP contribution in [0.4, 0.5) is 0 Å². The molecule has 97 heavy (non-hydrogen) atoms. The first kappa shape index (κ1) is 85.4. The maximum atomic E-state index is 14.4.